The number of rotatable bonds is 8. The molecule has 0 radical (unpaired) electrons. The molecule has 0 aromatic heterocycles. The van der Waals surface area contributed by atoms with Crippen molar-refractivity contribution in [2.24, 2.45) is 0 Å². The first-order chi connectivity index (χ1) is 15.3. The molecule has 0 spiro atoms. The topological polar surface area (TPSA) is 84.9 Å². The van der Waals surface area contributed by atoms with Crippen LogP contribution in [0.15, 0.2) is 71.6 Å². The van der Waals surface area contributed by atoms with Crippen molar-refractivity contribution in [2.45, 2.75) is 11.8 Å². The predicted molar refractivity (Wildman–Crippen MR) is 125 cm³/mol. The molecule has 3 aromatic rings. The Labute approximate surface area is 192 Å². The molecule has 0 aliphatic carbocycles. The fraction of sp³-hybridized carbons (Fsp3) is 0.174. The molecule has 168 valence electrons. The maximum absolute atomic E-state index is 13.5. The van der Waals surface area contributed by atoms with Gasteiger partial charge in [0.2, 0.25) is 5.91 Å². The Morgan fingerprint density at radius 3 is 2.31 bits per heavy atom. The van der Waals surface area contributed by atoms with Gasteiger partial charge in [-0.05, 0) is 48.9 Å². The van der Waals surface area contributed by atoms with Crippen molar-refractivity contribution in [3.8, 4) is 11.5 Å². The fourth-order valence-corrected chi connectivity index (χ4v) is 4.67. The minimum absolute atomic E-state index is 0.0364. The van der Waals surface area contributed by atoms with Gasteiger partial charge in [0, 0.05) is 16.8 Å². The first kappa shape index (κ1) is 23.4. The number of methoxy groups -OCH3 is 2. The van der Waals surface area contributed by atoms with Gasteiger partial charge in [-0.15, -0.1) is 0 Å². The smallest absolute Gasteiger partial charge is 0.264 e. The normalized spacial score (nSPS) is 11.0. The van der Waals surface area contributed by atoms with Crippen molar-refractivity contribution in [3.63, 3.8) is 0 Å². The third kappa shape index (κ3) is 5.15. The number of para-hydroxylation sites is 1. The van der Waals surface area contributed by atoms with Crippen molar-refractivity contribution >= 4 is 38.9 Å². The van der Waals surface area contributed by atoms with Gasteiger partial charge < -0.3 is 14.8 Å². The zero-order chi connectivity index (χ0) is 23.3. The maximum atomic E-state index is 13.5. The minimum Gasteiger partial charge on any atom is -0.493 e. The summed E-state index contributed by atoms with van der Waals surface area (Å²) in [6.07, 6.45) is 0. The lowest BCUT2D eigenvalue weighted by Gasteiger charge is -2.24. The third-order valence-electron chi connectivity index (χ3n) is 4.75. The molecule has 7 nitrogen and oxygen atoms in total. The quantitative estimate of drug-likeness (QED) is 0.519. The summed E-state index contributed by atoms with van der Waals surface area (Å²) in [5, 5.41) is 3.20. The summed E-state index contributed by atoms with van der Waals surface area (Å²) in [5.74, 6) is 0.149. The summed E-state index contributed by atoms with van der Waals surface area (Å²) >= 11 is 6.03. The highest BCUT2D eigenvalue weighted by Crippen LogP contribution is 2.32. The Hall–Kier alpha value is -3.23. The molecule has 0 atom stereocenters. The summed E-state index contributed by atoms with van der Waals surface area (Å²) in [6, 6.07) is 17.8. The van der Waals surface area contributed by atoms with Gasteiger partial charge in [0.05, 0.1) is 24.8 Å². The van der Waals surface area contributed by atoms with Crippen LogP contribution in [0.25, 0.3) is 0 Å². The van der Waals surface area contributed by atoms with Gasteiger partial charge in [0.15, 0.2) is 11.5 Å². The van der Waals surface area contributed by atoms with E-state index in [1.54, 1.807) is 48.5 Å². The first-order valence-corrected chi connectivity index (χ1v) is 11.4. The predicted octanol–water partition coefficient (Wildman–Crippen LogP) is 4.50. The largest absolute Gasteiger partial charge is 0.493 e. The first-order valence-electron chi connectivity index (χ1n) is 9.62. The van der Waals surface area contributed by atoms with Gasteiger partial charge >= 0.3 is 0 Å². The number of carbonyl (C=O) groups is 1. The van der Waals surface area contributed by atoms with Crippen molar-refractivity contribution in [2.75, 3.05) is 30.4 Å². The van der Waals surface area contributed by atoms with Crippen molar-refractivity contribution < 1.29 is 22.7 Å². The highest BCUT2D eigenvalue weighted by atomic mass is 35.5. The Bertz CT molecular complexity index is 1220. The molecule has 1 N–H and O–H groups in total. The van der Waals surface area contributed by atoms with Crippen LogP contribution in [-0.4, -0.2) is 35.1 Å². The second-order valence-corrected chi connectivity index (χ2v) is 9.17. The Kier molecular flexibility index (Phi) is 7.27. The van der Waals surface area contributed by atoms with E-state index >= 15 is 0 Å². The maximum Gasteiger partial charge on any atom is 0.264 e. The summed E-state index contributed by atoms with van der Waals surface area (Å²) in [4.78, 5) is 12.8. The van der Waals surface area contributed by atoms with E-state index in [0.717, 1.165) is 9.87 Å². The molecule has 0 unspecified atom stereocenters. The number of anilines is 2. The van der Waals surface area contributed by atoms with Crippen molar-refractivity contribution in [3.05, 3.63) is 77.3 Å². The molecular formula is C23H23ClN2O5S. The van der Waals surface area contributed by atoms with E-state index in [-0.39, 0.29) is 10.6 Å². The van der Waals surface area contributed by atoms with Gasteiger partial charge in [0.1, 0.15) is 6.54 Å². The minimum atomic E-state index is -4.11. The molecule has 0 aliphatic rings. The van der Waals surface area contributed by atoms with Gasteiger partial charge in [-0.3, -0.25) is 9.10 Å². The molecule has 0 saturated carbocycles. The Balaban J connectivity index is 1.98. The SMILES string of the molecule is COc1ccc(S(=O)(=O)N(CC(=O)Nc2cc(Cl)ccc2C)c2ccccc2)cc1OC. The number of nitrogens with one attached hydrogen (secondary N) is 1. The molecule has 3 rings (SSSR count). The van der Waals surface area contributed by atoms with Crippen molar-refractivity contribution in [1.82, 2.24) is 0 Å². The number of hydrogen-bond donors (Lipinski definition) is 1. The molecule has 3 aromatic carbocycles. The van der Waals surface area contributed by atoms with Gasteiger partial charge in [0.25, 0.3) is 10.0 Å². The number of halogens is 1. The van der Waals surface area contributed by atoms with Crippen LogP contribution in [-0.2, 0) is 14.8 Å². The molecule has 32 heavy (non-hydrogen) atoms. The molecule has 0 bridgehead atoms. The molecule has 9 heteroatoms. The highest BCUT2D eigenvalue weighted by molar-refractivity contribution is 7.92. The fourth-order valence-electron chi connectivity index (χ4n) is 3.06. The molecular weight excluding hydrogens is 452 g/mol. The van der Waals surface area contributed by atoms with E-state index in [0.29, 0.717) is 22.1 Å². The summed E-state index contributed by atoms with van der Waals surface area (Å²) in [7, 11) is -1.22. The number of benzene rings is 3. The Morgan fingerprint density at radius 1 is 0.969 bits per heavy atom. The number of ether oxygens (including phenoxy) is 2. The second kappa shape index (κ2) is 9.93. The third-order valence-corrected chi connectivity index (χ3v) is 6.75. The van der Waals surface area contributed by atoms with Crippen LogP contribution in [0.1, 0.15) is 5.56 Å². The van der Waals surface area contributed by atoms with Crippen LogP contribution in [0.2, 0.25) is 5.02 Å². The van der Waals surface area contributed by atoms with Crippen LogP contribution in [0, 0.1) is 6.92 Å². The number of hydrogen-bond acceptors (Lipinski definition) is 5. The van der Waals surface area contributed by atoms with E-state index in [9.17, 15) is 13.2 Å². The number of nitrogens with zero attached hydrogens (tertiary/aromatic N) is 1. The number of carbonyl (C=O) groups excluding carboxylic acids is 1. The lowest BCUT2D eigenvalue weighted by Crippen LogP contribution is -2.38. The van der Waals surface area contributed by atoms with Crippen LogP contribution in [0.4, 0.5) is 11.4 Å². The van der Waals surface area contributed by atoms with E-state index in [2.05, 4.69) is 5.32 Å². The molecule has 0 saturated heterocycles. The molecule has 0 heterocycles. The lowest BCUT2D eigenvalue weighted by atomic mass is 10.2. The second-order valence-electron chi connectivity index (χ2n) is 6.87. The van der Waals surface area contributed by atoms with Gasteiger partial charge in [-0.1, -0.05) is 35.9 Å². The van der Waals surface area contributed by atoms with Crippen molar-refractivity contribution in [1.29, 1.82) is 0 Å². The zero-order valence-corrected chi connectivity index (χ0v) is 19.4. The van der Waals surface area contributed by atoms with Gasteiger partial charge in [-0.25, -0.2) is 8.42 Å². The van der Waals surface area contributed by atoms with Crippen LogP contribution >= 0.6 is 11.6 Å². The van der Waals surface area contributed by atoms with Crippen LogP contribution < -0.4 is 19.1 Å². The Morgan fingerprint density at radius 2 is 1.66 bits per heavy atom. The summed E-state index contributed by atoms with van der Waals surface area (Å²) in [6.45, 7) is 1.38. The summed E-state index contributed by atoms with van der Waals surface area (Å²) in [5.41, 5.74) is 1.66. The van der Waals surface area contributed by atoms with Crippen LogP contribution in [0.5, 0.6) is 11.5 Å². The number of sulfonamides is 1. The molecule has 0 aliphatic heterocycles. The van der Waals surface area contributed by atoms with E-state index < -0.39 is 22.5 Å². The lowest BCUT2D eigenvalue weighted by molar-refractivity contribution is -0.114. The molecule has 0 fully saturated rings. The standard InChI is InChI=1S/C23H23ClN2O5S/c1-16-9-10-17(24)13-20(16)25-23(27)15-26(18-7-5-4-6-8-18)32(28,29)19-11-12-21(30-2)22(14-19)31-3/h4-14H,15H2,1-3H3,(H,25,27). The average Bonchev–Trinajstić information content (AvgIpc) is 2.79. The molecule has 1 amide bonds. The van der Waals surface area contributed by atoms with Gasteiger partial charge in [-0.2, -0.15) is 0 Å². The average molecular weight is 475 g/mol. The zero-order valence-electron chi connectivity index (χ0n) is 17.8. The number of aryl methyl sites for hydroxylation is 1. The van der Waals surface area contributed by atoms with Crippen LogP contribution in [0.3, 0.4) is 0 Å². The van der Waals surface area contributed by atoms with E-state index in [4.69, 9.17) is 21.1 Å². The highest BCUT2D eigenvalue weighted by Gasteiger charge is 2.28. The summed E-state index contributed by atoms with van der Waals surface area (Å²) < 4.78 is 38.6. The number of amides is 1. The van der Waals surface area contributed by atoms with E-state index in [1.165, 1.54) is 32.4 Å². The van der Waals surface area contributed by atoms with E-state index in [1.807, 2.05) is 6.92 Å². The monoisotopic (exact) mass is 474 g/mol.